The minimum atomic E-state index is 0.930. The number of aromatic nitrogens is 2. The van der Waals surface area contributed by atoms with Crippen molar-refractivity contribution in [1.82, 2.24) is 9.97 Å². The molecule has 2 nitrogen and oxygen atoms in total. The smallest absolute Gasteiger partial charge is 0.0762 e. The number of pyridine rings is 2. The molecule has 86 valence electrons. The molecule has 0 atom stereocenters. The van der Waals surface area contributed by atoms with E-state index in [0.29, 0.717) is 0 Å². The summed E-state index contributed by atoms with van der Waals surface area (Å²) in [7, 11) is 0. The molecule has 1 aliphatic carbocycles. The molecule has 0 bridgehead atoms. The first-order valence-electron chi connectivity index (χ1n) is 6.00. The summed E-state index contributed by atoms with van der Waals surface area (Å²) in [5.74, 6) is 0. The average molecular weight is 224 g/mol. The maximum Gasteiger partial charge on any atom is 0.0762 e. The van der Waals surface area contributed by atoms with Gasteiger partial charge in [-0.05, 0) is 49.9 Å². The predicted molar refractivity (Wildman–Crippen MR) is 69.2 cm³/mol. The van der Waals surface area contributed by atoms with E-state index in [1.807, 2.05) is 6.20 Å². The summed E-state index contributed by atoms with van der Waals surface area (Å²) in [6.45, 7) is 8.48. The molecule has 17 heavy (non-hydrogen) atoms. The SMILES string of the molecule is Cc1cc2c(nc1C)-c1c(ncc(C)c1C)C2. The molecular weight excluding hydrogens is 208 g/mol. The maximum absolute atomic E-state index is 4.76. The van der Waals surface area contributed by atoms with Crippen LogP contribution in [0.2, 0.25) is 0 Å². The zero-order valence-corrected chi connectivity index (χ0v) is 10.8. The van der Waals surface area contributed by atoms with Crippen molar-refractivity contribution in [3.63, 3.8) is 0 Å². The highest BCUT2D eigenvalue weighted by Gasteiger charge is 2.24. The lowest BCUT2D eigenvalue weighted by Crippen LogP contribution is -1.94. The second-order valence-electron chi connectivity index (χ2n) is 4.96. The molecule has 0 N–H and O–H groups in total. The first-order valence-corrected chi connectivity index (χ1v) is 6.00. The normalized spacial score (nSPS) is 12.5. The fourth-order valence-corrected chi connectivity index (χ4v) is 2.49. The van der Waals surface area contributed by atoms with Gasteiger partial charge in [-0.2, -0.15) is 0 Å². The molecule has 0 amide bonds. The average Bonchev–Trinajstić information content (AvgIpc) is 2.63. The van der Waals surface area contributed by atoms with Crippen molar-refractivity contribution in [3.8, 4) is 11.3 Å². The van der Waals surface area contributed by atoms with Crippen molar-refractivity contribution in [2.75, 3.05) is 0 Å². The fraction of sp³-hybridized carbons (Fsp3) is 0.333. The monoisotopic (exact) mass is 224 g/mol. The Kier molecular flexibility index (Phi) is 2.09. The molecule has 0 saturated heterocycles. The van der Waals surface area contributed by atoms with E-state index >= 15 is 0 Å². The van der Waals surface area contributed by atoms with Crippen molar-refractivity contribution in [3.05, 3.63) is 45.9 Å². The third-order valence-electron chi connectivity index (χ3n) is 3.81. The van der Waals surface area contributed by atoms with Crippen molar-refractivity contribution < 1.29 is 0 Å². The highest BCUT2D eigenvalue weighted by molar-refractivity contribution is 5.76. The first kappa shape index (κ1) is 10.5. The van der Waals surface area contributed by atoms with E-state index in [0.717, 1.165) is 17.8 Å². The minimum absolute atomic E-state index is 0.930. The van der Waals surface area contributed by atoms with E-state index in [1.165, 1.54) is 33.5 Å². The second kappa shape index (κ2) is 3.39. The van der Waals surface area contributed by atoms with Crippen LogP contribution in [-0.4, -0.2) is 9.97 Å². The van der Waals surface area contributed by atoms with E-state index in [1.54, 1.807) is 0 Å². The first-order chi connectivity index (χ1) is 8.08. The molecule has 3 rings (SSSR count). The Hall–Kier alpha value is -1.70. The maximum atomic E-state index is 4.76. The van der Waals surface area contributed by atoms with Crippen molar-refractivity contribution in [2.45, 2.75) is 34.1 Å². The van der Waals surface area contributed by atoms with Crippen LogP contribution in [0.5, 0.6) is 0 Å². The summed E-state index contributed by atoms with van der Waals surface area (Å²) in [6.07, 6.45) is 2.90. The summed E-state index contributed by atoms with van der Waals surface area (Å²) in [5, 5.41) is 0. The Bertz CT molecular complexity index is 627. The number of hydrogen-bond donors (Lipinski definition) is 0. The Balaban J connectivity index is 2.33. The zero-order valence-electron chi connectivity index (χ0n) is 10.8. The van der Waals surface area contributed by atoms with Gasteiger partial charge in [0.15, 0.2) is 0 Å². The lowest BCUT2D eigenvalue weighted by atomic mass is 10.0. The lowest BCUT2D eigenvalue weighted by molar-refractivity contribution is 1.09. The van der Waals surface area contributed by atoms with Crippen molar-refractivity contribution in [2.24, 2.45) is 0 Å². The molecule has 0 fully saturated rings. The number of hydrogen-bond acceptors (Lipinski definition) is 2. The molecule has 1 aliphatic rings. The van der Waals surface area contributed by atoms with Crippen LogP contribution >= 0.6 is 0 Å². The van der Waals surface area contributed by atoms with Gasteiger partial charge >= 0.3 is 0 Å². The number of nitrogens with zero attached hydrogens (tertiary/aromatic N) is 2. The van der Waals surface area contributed by atoms with E-state index in [2.05, 4.69) is 38.7 Å². The number of rotatable bonds is 0. The molecule has 0 spiro atoms. The van der Waals surface area contributed by atoms with Gasteiger partial charge in [-0.1, -0.05) is 6.07 Å². The lowest BCUT2D eigenvalue weighted by Gasteiger charge is -2.08. The van der Waals surface area contributed by atoms with Crippen molar-refractivity contribution in [1.29, 1.82) is 0 Å². The van der Waals surface area contributed by atoms with Crippen molar-refractivity contribution >= 4 is 0 Å². The summed E-state index contributed by atoms with van der Waals surface area (Å²) in [6, 6.07) is 2.26. The summed E-state index contributed by atoms with van der Waals surface area (Å²) < 4.78 is 0. The van der Waals surface area contributed by atoms with Gasteiger partial charge in [0.1, 0.15) is 0 Å². The van der Waals surface area contributed by atoms with Gasteiger partial charge in [-0.15, -0.1) is 0 Å². The van der Waals surface area contributed by atoms with Crippen LogP contribution in [0.4, 0.5) is 0 Å². The van der Waals surface area contributed by atoms with Crippen LogP contribution in [0, 0.1) is 27.7 Å². The van der Waals surface area contributed by atoms with Crippen LogP contribution in [0.25, 0.3) is 11.3 Å². The predicted octanol–water partition coefficient (Wildman–Crippen LogP) is 3.28. The van der Waals surface area contributed by atoms with Crippen LogP contribution < -0.4 is 0 Å². The summed E-state index contributed by atoms with van der Waals surface area (Å²) in [5.41, 5.74) is 9.88. The van der Waals surface area contributed by atoms with E-state index in [-0.39, 0.29) is 0 Å². The topological polar surface area (TPSA) is 25.8 Å². The highest BCUT2D eigenvalue weighted by atomic mass is 14.8. The molecule has 0 saturated carbocycles. The molecule has 0 aromatic carbocycles. The Morgan fingerprint density at radius 3 is 2.59 bits per heavy atom. The molecule has 0 radical (unpaired) electrons. The zero-order chi connectivity index (χ0) is 12.2. The van der Waals surface area contributed by atoms with Crippen LogP contribution in [0.1, 0.15) is 33.6 Å². The van der Waals surface area contributed by atoms with Crippen LogP contribution in [0.3, 0.4) is 0 Å². The molecule has 2 heteroatoms. The third-order valence-corrected chi connectivity index (χ3v) is 3.81. The Morgan fingerprint density at radius 2 is 1.82 bits per heavy atom. The van der Waals surface area contributed by atoms with Gasteiger partial charge in [0.05, 0.1) is 11.4 Å². The van der Waals surface area contributed by atoms with Gasteiger partial charge in [-0.3, -0.25) is 9.97 Å². The largest absolute Gasteiger partial charge is 0.260 e. The summed E-state index contributed by atoms with van der Waals surface area (Å²) >= 11 is 0. The standard InChI is InChI=1S/C15H16N2/c1-8-5-12-6-13-14(15(12)17-11(8)4)10(3)9(2)7-16-13/h5,7H,6H2,1-4H3. The van der Waals surface area contributed by atoms with E-state index < -0.39 is 0 Å². The highest BCUT2D eigenvalue weighted by Crippen LogP contribution is 2.37. The number of aryl methyl sites for hydroxylation is 3. The van der Waals surface area contributed by atoms with Crippen LogP contribution in [0.15, 0.2) is 12.3 Å². The third kappa shape index (κ3) is 1.40. The Labute approximate surface area is 102 Å². The minimum Gasteiger partial charge on any atom is -0.260 e. The van der Waals surface area contributed by atoms with E-state index in [9.17, 15) is 0 Å². The molecule has 2 heterocycles. The summed E-state index contributed by atoms with van der Waals surface area (Å²) in [4.78, 5) is 9.31. The van der Waals surface area contributed by atoms with Gasteiger partial charge in [0.2, 0.25) is 0 Å². The van der Waals surface area contributed by atoms with Crippen LogP contribution in [-0.2, 0) is 6.42 Å². The molecule has 0 unspecified atom stereocenters. The van der Waals surface area contributed by atoms with Gasteiger partial charge in [0, 0.05) is 23.9 Å². The molecular formula is C15H16N2. The van der Waals surface area contributed by atoms with Gasteiger partial charge in [0.25, 0.3) is 0 Å². The molecule has 2 aromatic rings. The molecule has 0 aliphatic heterocycles. The quantitative estimate of drug-likeness (QED) is 0.585. The van der Waals surface area contributed by atoms with E-state index in [4.69, 9.17) is 4.98 Å². The van der Waals surface area contributed by atoms with Gasteiger partial charge < -0.3 is 0 Å². The molecule has 2 aromatic heterocycles. The second-order valence-corrected chi connectivity index (χ2v) is 4.96. The number of fused-ring (bicyclic) bond motifs is 3. The fourth-order valence-electron chi connectivity index (χ4n) is 2.49. The Morgan fingerprint density at radius 1 is 1.06 bits per heavy atom. The van der Waals surface area contributed by atoms with Gasteiger partial charge in [-0.25, -0.2) is 0 Å².